The molecule has 3 N–H and O–H groups in total. The third kappa shape index (κ3) is 1.89. The van der Waals surface area contributed by atoms with Gasteiger partial charge in [0.2, 0.25) is 0 Å². The van der Waals surface area contributed by atoms with Crippen molar-refractivity contribution in [2.75, 3.05) is 11.6 Å². The summed E-state index contributed by atoms with van der Waals surface area (Å²) >= 11 is 13.4. The van der Waals surface area contributed by atoms with Crippen molar-refractivity contribution < 1.29 is 0 Å². The van der Waals surface area contributed by atoms with Crippen LogP contribution in [0.3, 0.4) is 0 Å². The number of thioether (sulfide) groups is 1. The lowest BCUT2D eigenvalue weighted by atomic mass is 10.1. The van der Waals surface area contributed by atoms with Crippen LogP contribution in [0.4, 0.5) is 5.69 Å². The smallest absolute Gasteiger partial charge is 0.140 e. The Bertz CT molecular complexity index is 546. The SMILES string of the molecule is NNC1=Nc2ccc(Cl)cc2C(=S)N2CSC[C@@H]12. The van der Waals surface area contributed by atoms with E-state index < -0.39 is 0 Å². The van der Waals surface area contributed by atoms with Crippen LogP contribution in [0.25, 0.3) is 0 Å². The molecule has 2 aliphatic rings. The van der Waals surface area contributed by atoms with Crippen LogP contribution in [0.1, 0.15) is 5.56 Å². The second-order valence-corrected chi connectivity index (χ2v) is 5.92. The van der Waals surface area contributed by atoms with E-state index in [2.05, 4.69) is 15.3 Å². The first kappa shape index (κ1) is 12.2. The van der Waals surface area contributed by atoms with Crippen LogP contribution >= 0.6 is 35.6 Å². The number of hydrazine groups is 1. The summed E-state index contributed by atoms with van der Waals surface area (Å²) in [5.41, 5.74) is 4.41. The molecule has 0 spiro atoms. The molecule has 3 rings (SSSR count). The molecular weight excluding hydrogens is 288 g/mol. The molecule has 2 heterocycles. The van der Waals surface area contributed by atoms with Gasteiger partial charge in [-0.3, -0.25) is 0 Å². The Hall–Kier alpha value is -0.820. The molecule has 0 bridgehead atoms. The monoisotopic (exact) mass is 298 g/mol. The van der Waals surface area contributed by atoms with E-state index in [1.807, 2.05) is 30.0 Å². The van der Waals surface area contributed by atoms with Gasteiger partial charge in [0, 0.05) is 16.3 Å². The predicted molar refractivity (Wildman–Crippen MR) is 80.5 cm³/mol. The molecule has 0 radical (unpaired) electrons. The van der Waals surface area contributed by atoms with Crippen molar-refractivity contribution >= 4 is 52.1 Å². The van der Waals surface area contributed by atoms with Crippen LogP contribution in [0.2, 0.25) is 5.02 Å². The van der Waals surface area contributed by atoms with E-state index in [9.17, 15) is 0 Å². The first-order chi connectivity index (χ1) is 8.70. The normalized spacial score (nSPS) is 22.1. The number of amidine groups is 1. The average molecular weight is 299 g/mol. The van der Waals surface area contributed by atoms with Gasteiger partial charge < -0.3 is 10.3 Å². The number of nitrogens with zero attached hydrogens (tertiary/aromatic N) is 2. The first-order valence-corrected chi connectivity index (χ1v) is 7.38. The van der Waals surface area contributed by atoms with Gasteiger partial charge in [-0.05, 0) is 18.2 Å². The first-order valence-electron chi connectivity index (χ1n) is 5.44. The van der Waals surface area contributed by atoms with E-state index in [1.54, 1.807) is 0 Å². The quantitative estimate of drug-likeness (QED) is 0.435. The lowest BCUT2D eigenvalue weighted by Crippen LogP contribution is -2.48. The summed E-state index contributed by atoms with van der Waals surface area (Å²) < 4.78 is 0. The van der Waals surface area contributed by atoms with Gasteiger partial charge in [0.05, 0.1) is 17.6 Å². The molecule has 94 valence electrons. The Morgan fingerprint density at radius 2 is 2.39 bits per heavy atom. The highest BCUT2D eigenvalue weighted by molar-refractivity contribution is 7.99. The number of rotatable bonds is 0. The molecule has 2 aliphatic heterocycles. The zero-order chi connectivity index (χ0) is 12.7. The van der Waals surface area contributed by atoms with Crippen LogP contribution in [-0.4, -0.2) is 33.4 Å². The number of hydrogen-bond acceptors (Lipinski definition) is 5. The lowest BCUT2D eigenvalue weighted by Gasteiger charge is -2.24. The van der Waals surface area contributed by atoms with Crippen molar-refractivity contribution in [3.05, 3.63) is 28.8 Å². The summed E-state index contributed by atoms with van der Waals surface area (Å²) in [5.74, 6) is 8.12. The number of thiocarbonyl (C=S) groups is 1. The molecule has 1 saturated heterocycles. The van der Waals surface area contributed by atoms with Crippen molar-refractivity contribution in [1.82, 2.24) is 10.3 Å². The van der Waals surface area contributed by atoms with Crippen molar-refractivity contribution in [1.29, 1.82) is 0 Å². The summed E-state index contributed by atoms with van der Waals surface area (Å²) in [6, 6.07) is 5.67. The van der Waals surface area contributed by atoms with E-state index in [-0.39, 0.29) is 6.04 Å². The third-order valence-electron chi connectivity index (χ3n) is 3.04. The van der Waals surface area contributed by atoms with Gasteiger partial charge in [-0.15, -0.1) is 11.8 Å². The van der Waals surface area contributed by atoms with Crippen molar-refractivity contribution in [2.24, 2.45) is 10.8 Å². The largest absolute Gasteiger partial charge is 0.342 e. The van der Waals surface area contributed by atoms with E-state index >= 15 is 0 Å². The number of nitrogens with two attached hydrogens (primary N) is 1. The molecule has 4 nitrogen and oxygen atoms in total. The molecule has 0 aromatic heterocycles. The fourth-order valence-electron chi connectivity index (χ4n) is 2.13. The minimum absolute atomic E-state index is 0.124. The zero-order valence-electron chi connectivity index (χ0n) is 9.39. The van der Waals surface area contributed by atoms with E-state index in [4.69, 9.17) is 29.7 Å². The van der Waals surface area contributed by atoms with Crippen LogP contribution in [-0.2, 0) is 0 Å². The second kappa shape index (κ2) is 4.70. The summed E-state index contributed by atoms with van der Waals surface area (Å²) in [5, 5.41) is 0.666. The highest BCUT2D eigenvalue weighted by Gasteiger charge is 2.34. The average Bonchev–Trinajstić information content (AvgIpc) is 2.81. The summed E-state index contributed by atoms with van der Waals surface area (Å²) in [7, 11) is 0. The highest BCUT2D eigenvalue weighted by atomic mass is 35.5. The summed E-state index contributed by atoms with van der Waals surface area (Å²) in [6.45, 7) is 0. The number of nitrogens with one attached hydrogen (secondary N) is 1. The number of aliphatic imine (C=N–C) groups is 1. The van der Waals surface area contributed by atoms with Crippen LogP contribution in [0, 0.1) is 0 Å². The molecule has 0 aliphatic carbocycles. The molecular formula is C11H11ClN4S2. The standard InChI is InChI=1S/C11H11ClN4S2/c12-6-1-2-8-7(3-6)11(17)16-5-18-4-9(16)10(14-8)15-13/h1-3,9H,4-5,13H2,(H,14,15)/t9-/m0/s1. The molecule has 1 aromatic rings. The number of halogens is 1. The minimum Gasteiger partial charge on any atom is -0.342 e. The Morgan fingerprint density at radius 1 is 1.56 bits per heavy atom. The van der Waals surface area contributed by atoms with Gasteiger partial charge in [-0.25, -0.2) is 10.8 Å². The maximum atomic E-state index is 6.04. The van der Waals surface area contributed by atoms with Gasteiger partial charge in [0.15, 0.2) is 0 Å². The number of benzene rings is 1. The molecule has 0 unspecified atom stereocenters. The van der Waals surface area contributed by atoms with E-state index in [0.717, 1.165) is 33.7 Å². The van der Waals surface area contributed by atoms with Crippen LogP contribution < -0.4 is 11.3 Å². The maximum absolute atomic E-state index is 6.04. The fraction of sp³-hybridized carbons (Fsp3) is 0.273. The van der Waals surface area contributed by atoms with Crippen LogP contribution in [0.15, 0.2) is 23.2 Å². The fourth-order valence-corrected chi connectivity index (χ4v) is 3.92. The van der Waals surface area contributed by atoms with Crippen LogP contribution in [0.5, 0.6) is 0 Å². The maximum Gasteiger partial charge on any atom is 0.140 e. The number of hydrogen-bond donors (Lipinski definition) is 2. The molecule has 0 amide bonds. The third-order valence-corrected chi connectivity index (χ3v) is 4.74. The van der Waals surface area contributed by atoms with Gasteiger partial charge in [0.25, 0.3) is 0 Å². The molecule has 1 fully saturated rings. The van der Waals surface area contributed by atoms with E-state index in [1.165, 1.54) is 0 Å². The highest BCUT2D eigenvalue weighted by Crippen LogP contribution is 2.33. The molecule has 7 heteroatoms. The Balaban J connectivity index is 2.16. The Kier molecular flexibility index (Phi) is 3.19. The Labute approximate surface area is 120 Å². The zero-order valence-corrected chi connectivity index (χ0v) is 11.8. The Morgan fingerprint density at radius 3 is 3.17 bits per heavy atom. The predicted octanol–water partition coefficient (Wildman–Crippen LogP) is 1.90. The lowest BCUT2D eigenvalue weighted by molar-refractivity contribution is 0.487. The van der Waals surface area contributed by atoms with E-state index in [0.29, 0.717) is 5.02 Å². The summed E-state index contributed by atoms with van der Waals surface area (Å²) in [6.07, 6.45) is 0. The van der Waals surface area contributed by atoms with Gasteiger partial charge in [-0.1, -0.05) is 23.8 Å². The topological polar surface area (TPSA) is 53.6 Å². The van der Waals surface area contributed by atoms with Gasteiger partial charge in [-0.2, -0.15) is 0 Å². The van der Waals surface area contributed by atoms with Crippen molar-refractivity contribution in [2.45, 2.75) is 6.04 Å². The van der Waals surface area contributed by atoms with Crippen molar-refractivity contribution in [3.8, 4) is 0 Å². The minimum atomic E-state index is 0.124. The number of fused-ring (bicyclic) bond motifs is 2. The van der Waals surface area contributed by atoms with Crippen molar-refractivity contribution in [3.63, 3.8) is 0 Å². The molecule has 1 aromatic carbocycles. The van der Waals surface area contributed by atoms with Gasteiger partial charge >= 0.3 is 0 Å². The molecule has 18 heavy (non-hydrogen) atoms. The van der Waals surface area contributed by atoms with Gasteiger partial charge in [0.1, 0.15) is 10.8 Å². The summed E-state index contributed by atoms with van der Waals surface area (Å²) in [4.78, 5) is 7.50. The molecule has 1 atom stereocenters. The molecule has 0 saturated carbocycles. The second-order valence-electron chi connectivity index (χ2n) is 4.09.